The summed E-state index contributed by atoms with van der Waals surface area (Å²) in [6.07, 6.45) is 0.304. The Morgan fingerprint density at radius 2 is 2.24 bits per heavy atom. The fourth-order valence-electron chi connectivity index (χ4n) is 2.46. The Kier molecular flexibility index (Phi) is 5.33. The van der Waals surface area contributed by atoms with Gasteiger partial charge in [-0.2, -0.15) is 0 Å². The van der Waals surface area contributed by atoms with Gasteiger partial charge in [0.15, 0.2) is 0 Å². The lowest BCUT2D eigenvalue weighted by Gasteiger charge is -2.14. The molecule has 0 aliphatic carbocycles. The molecule has 2 rings (SSSR count). The first-order chi connectivity index (χ1) is 10.1. The van der Waals surface area contributed by atoms with Crippen molar-refractivity contribution in [2.45, 2.75) is 26.9 Å². The molecule has 1 aliphatic rings. The number of amides is 2. The zero-order chi connectivity index (χ0) is 15.2. The molecule has 1 atom stereocenters. The highest BCUT2D eigenvalue weighted by molar-refractivity contribution is 5.97. The summed E-state index contributed by atoms with van der Waals surface area (Å²) in [7, 11) is 0. The summed E-state index contributed by atoms with van der Waals surface area (Å²) in [5.41, 5.74) is 1.77. The SMILES string of the molecule is CCOCc1cccc(NC(=O)C2CC(=O)N(CC)C2)c1. The van der Waals surface area contributed by atoms with Crippen molar-refractivity contribution >= 4 is 17.5 Å². The Bertz CT molecular complexity index is 516. The summed E-state index contributed by atoms with van der Waals surface area (Å²) in [5, 5.41) is 2.89. The predicted molar refractivity (Wildman–Crippen MR) is 80.8 cm³/mol. The molecule has 1 aromatic rings. The molecule has 5 nitrogen and oxygen atoms in total. The van der Waals surface area contributed by atoms with Crippen molar-refractivity contribution in [3.8, 4) is 0 Å². The minimum atomic E-state index is -0.256. The number of nitrogens with zero attached hydrogens (tertiary/aromatic N) is 1. The zero-order valence-corrected chi connectivity index (χ0v) is 12.6. The number of carbonyl (C=O) groups excluding carboxylic acids is 2. The molecule has 1 aliphatic heterocycles. The maximum Gasteiger partial charge on any atom is 0.229 e. The van der Waals surface area contributed by atoms with Crippen LogP contribution >= 0.6 is 0 Å². The van der Waals surface area contributed by atoms with Gasteiger partial charge in [0.25, 0.3) is 0 Å². The molecule has 1 N–H and O–H groups in total. The fraction of sp³-hybridized carbons (Fsp3) is 0.500. The summed E-state index contributed by atoms with van der Waals surface area (Å²) < 4.78 is 5.36. The van der Waals surface area contributed by atoms with Gasteiger partial charge < -0.3 is 15.0 Å². The van der Waals surface area contributed by atoms with Crippen molar-refractivity contribution in [3.05, 3.63) is 29.8 Å². The number of hydrogen-bond acceptors (Lipinski definition) is 3. The number of benzene rings is 1. The second-order valence-corrected chi connectivity index (χ2v) is 5.16. The van der Waals surface area contributed by atoms with Gasteiger partial charge in [0.2, 0.25) is 11.8 Å². The molecular formula is C16H22N2O3. The largest absolute Gasteiger partial charge is 0.377 e. The maximum atomic E-state index is 12.2. The number of likely N-dealkylation sites (tertiary alicyclic amines) is 1. The van der Waals surface area contributed by atoms with Crippen molar-refractivity contribution in [2.75, 3.05) is 25.0 Å². The summed E-state index contributed by atoms with van der Waals surface area (Å²) in [6, 6.07) is 7.61. The molecule has 0 bridgehead atoms. The lowest BCUT2D eigenvalue weighted by Crippen LogP contribution is -2.28. The van der Waals surface area contributed by atoms with E-state index in [9.17, 15) is 9.59 Å². The molecule has 1 fully saturated rings. The van der Waals surface area contributed by atoms with Gasteiger partial charge in [-0.3, -0.25) is 9.59 Å². The normalized spacial score (nSPS) is 18.1. The van der Waals surface area contributed by atoms with Gasteiger partial charge >= 0.3 is 0 Å². The quantitative estimate of drug-likeness (QED) is 0.872. The molecule has 1 saturated heterocycles. The first kappa shape index (κ1) is 15.5. The van der Waals surface area contributed by atoms with Crippen LogP contribution in [-0.2, 0) is 20.9 Å². The monoisotopic (exact) mass is 290 g/mol. The van der Waals surface area contributed by atoms with Crippen molar-refractivity contribution in [1.29, 1.82) is 0 Å². The third-order valence-electron chi connectivity index (χ3n) is 3.63. The number of rotatable bonds is 6. The molecule has 1 unspecified atom stereocenters. The van der Waals surface area contributed by atoms with Crippen LogP contribution in [0.25, 0.3) is 0 Å². The van der Waals surface area contributed by atoms with E-state index in [-0.39, 0.29) is 17.7 Å². The minimum Gasteiger partial charge on any atom is -0.377 e. The lowest BCUT2D eigenvalue weighted by atomic mass is 10.1. The fourth-order valence-corrected chi connectivity index (χ4v) is 2.46. The van der Waals surface area contributed by atoms with Crippen LogP contribution in [-0.4, -0.2) is 36.4 Å². The Morgan fingerprint density at radius 3 is 2.90 bits per heavy atom. The van der Waals surface area contributed by atoms with E-state index in [0.717, 1.165) is 11.3 Å². The molecule has 0 spiro atoms. The second kappa shape index (κ2) is 7.22. The van der Waals surface area contributed by atoms with E-state index in [4.69, 9.17) is 4.74 Å². The van der Waals surface area contributed by atoms with Crippen molar-refractivity contribution in [2.24, 2.45) is 5.92 Å². The second-order valence-electron chi connectivity index (χ2n) is 5.16. The first-order valence-electron chi connectivity index (χ1n) is 7.39. The van der Waals surface area contributed by atoms with Crippen LogP contribution in [0.4, 0.5) is 5.69 Å². The highest BCUT2D eigenvalue weighted by Gasteiger charge is 2.33. The van der Waals surface area contributed by atoms with E-state index in [0.29, 0.717) is 32.7 Å². The van der Waals surface area contributed by atoms with Gasteiger partial charge in [0.1, 0.15) is 0 Å². The Morgan fingerprint density at radius 1 is 1.43 bits per heavy atom. The van der Waals surface area contributed by atoms with Crippen LogP contribution in [0.15, 0.2) is 24.3 Å². The van der Waals surface area contributed by atoms with E-state index < -0.39 is 0 Å². The van der Waals surface area contributed by atoms with Crippen LogP contribution in [0.2, 0.25) is 0 Å². The molecule has 0 aromatic heterocycles. The van der Waals surface area contributed by atoms with Gasteiger partial charge in [-0.15, -0.1) is 0 Å². The summed E-state index contributed by atoms with van der Waals surface area (Å²) in [4.78, 5) is 25.6. The van der Waals surface area contributed by atoms with E-state index in [1.54, 1.807) is 4.90 Å². The molecule has 1 heterocycles. The average molecular weight is 290 g/mol. The van der Waals surface area contributed by atoms with Gasteiger partial charge in [-0.25, -0.2) is 0 Å². The smallest absolute Gasteiger partial charge is 0.229 e. The molecule has 1 aromatic carbocycles. The van der Waals surface area contributed by atoms with Crippen molar-refractivity contribution in [3.63, 3.8) is 0 Å². The maximum absolute atomic E-state index is 12.2. The number of anilines is 1. The van der Waals surface area contributed by atoms with Crippen LogP contribution in [0, 0.1) is 5.92 Å². The van der Waals surface area contributed by atoms with Gasteiger partial charge in [-0.1, -0.05) is 12.1 Å². The highest BCUT2D eigenvalue weighted by atomic mass is 16.5. The molecule has 21 heavy (non-hydrogen) atoms. The van der Waals surface area contributed by atoms with Crippen LogP contribution in [0.5, 0.6) is 0 Å². The number of nitrogens with one attached hydrogen (secondary N) is 1. The van der Waals surface area contributed by atoms with Crippen LogP contribution < -0.4 is 5.32 Å². The molecule has 114 valence electrons. The van der Waals surface area contributed by atoms with Gasteiger partial charge in [-0.05, 0) is 31.5 Å². The minimum absolute atomic E-state index is 0.0581. The van der Waals surface area contributed by atoms with E-state index >= 15 is 0 Å². The van der Waals surface area contributed by atoms with E-state index in [2.05, 4.69) is 5.32 Å². The lowest BCUT2D eigenvalue weighted by molar-refractivity contribution is -0.128. The summed E-state index contributed by atoms with van der Waals surface area (Å²) >= 11 is 0. The zero-order valence-electron chi connectivity index (χ0n) is 12.6. The Hall–Kier alpha value is -1.88. The molecular weight excluding hydrogens is 268 g/mol. The third kappa shape index (κ3) is 4.04. The van der Waals surface area contributed by atoms with Gasteiger partial charge in [0, 0.05) is 31.8 Å². The first-order valence-corrected chi connectivity index (χ1v) is 7.39. The predicted octanol–water partition coefficient (Wildman–Crippen LogP) is 2.03. The van der Waals surface area contributed by atoms with Crippen molar-refractivity contribution < 1.29 is 14.3 Å². The molecule has 0 saturated carbocycles. The van der Waals surface area contributed by atoms with Gasteiger partial charge in [0.05, 0.1) is 12.5 Å². The number of carbonyl (C=O) groups is 2. The average Bonchev–Trinajstić information content (AvgIpc) is 2.87. The standard InChI is InChI=1S/C16H22N2O3/c1-3-18-10-13(9-15(18)19)16(20)17-14-7-5-6-12(8-14)11-21-4-2/h5-8,13H,3-4,9-11H2,1-2H3,(H,17,20). The number of ether oxygens (including phenoxy) is 1. The third-order valence-corrected chi connectivity index (χ3v) is 3.63. The topological polar surface area (TPSA) is 58.6 Å². The highest BCUT2D eigenvalue weighted by Crippen LogP contribution is 2.20. The number of hydrogen-bond donors (Lipinski definition) is 1. The summed E-state index contributed by atoms with van der Waals surface area (Å²) in [6.45, 7) is 6.24. The van der Waals surface area contributed by atoms with Crippen LogP contribution in [0.3, 0.4) is 0 Å². The van der Waals surface area contributed by atoms with E-state index in [1.807, 2.05) is 38.1 Å². The summed E-state index contributed by atoms with van der Waals surface area (Å²) in [5.74, 6) is -0.288. The van der Waals surface area contributed by atoms with Crippen LogP contribution in [0.1, 0.15) is 25.8 Å². The molecule has 0 radical (unpaired) electrons. The van der Waals surface area contributed by atoms with E-state index in [1.165, 1.54) is 0 Å². The Balaban J connectivity index is 1.95. The molecule has 2 amide bonds. The molecule has 5 heteroatoms. The Labute approximate surface area is 125 Å². The van der Waals surface area contributed by atoms with Crippen molar-refractivity contribution in [1.82, 2.24) is 4.90 Å².